The molecule has 0 spiro atoms. The van der Waals surface area contributed by atoms with Crippen LogP contribution in [0.3, 0.4) is 0 Å². The van der Waals surface area contributed by atoms with Crippen molar-refractivity contribution in [1.82, 2.24) is 9.62 Å². The number of hydrogen-bond donors (Lipinski definition) is 1. The lowest BCUT2D eigenvalue weighted by atomic mass is 10.4. The van der Waals surface area contributed by atoms with Crippen LogP contribution in [-0.4, -0.2) is 44.2 Å². The summed E-state index contributed by atoms with van der Waals surface area (Å²) in [6, 6.07) is 0.341. The lowest BCUT2D eigenvalue weighted by molar-refractivity contribution is 0.410. The summed E-state index contributed by atoms with van der Waals surface area (Å²) in [5.74, 6) is 0.832. The largest absolute Gasteiger partial charge is 0.313 e. The highest BCUT2D eigenvalue weighted by Gasteiger charge is 2.29. The van der Waals surface area contributed by atoms with Crippen molar-refractivity contribution in [2.24, 2.45) is 5.92 Å². The van der Waals surface area contributed by atoms with Gasteiger partial charge in [-0.15, -0.1) is 0 Å². The van der Waals surface area contributed by atoms with Crippen LogP contribution in [0.2, 0.25) is 0 Å². The van der Waals surface area contributed by atoms with Crippen LogP contribution in [0.15, 0.2) is 0 Å². The van der Waals surface area contributed by atoms with Crippen molar-refractivity contribution in [3.63, 3.8) is 0 Å². The fraction of sp³-hybridized carbons (Fsp3) is 1.00. The summed E-state index contributed by atoms with van der Waals surface area (Å²) in [7, 11) is -3.05. The zero-order valence-electron chi connectivity index (χ0n) is 10.6. The Hall–Kier alpha value is -0.130. The Morgan fingerprint density at radius 3 is 2.44 bits per heavy atom. The van der Waals surface area contributed by atoms with E-state index in [0.717, 1.165) is 6.54 Å². The van der Waals surface area contributed by atoms with E-state index in [9.17, 15) is 8.42 Å². The van der Waals surface area contributed by atoms with E-state index in [1.807, 2.05) is 20.8 Å². The van der Waals surface area contributed by atoms with Crippen molar-refractivity contribution in [3.8, 4) is 0 Å². The van der Waals surface area contributed by atoms with Crippen LogP contribution in [0.4, 0.5) is 0 Å². The maximum atomic E-state index is 12.0. The molecule has 0 unspecified atom stereocenters. The molecule has 0 aromatic carbocycles. The van der Waals surface area contributed by atoms with E-state index < -0.39 is 10.0 Å². The molecular formula is C11H24N2O2S. The van der Waals surface area contributed by atoms with E-state index in [2.05, 4.69) is 5.32 Å². The van der Waals surface area contributed by atoms with Crippen LogP contribution in [0.25, 0.3) is 0 Å². The Labute approximate surface area is 99.5 Å². The minimum Gasteiger partial charge on any atom is -0.313 e. The first-order valence-corrected chi connectivity index (χ1v) is 7.77. The topological polar surface area (TPSA) is 49.4 Å². The maximum absolute atomic E-state index is 12.0. The highest BCUT2D eigenvalue weighted by molar-refractivity contribution is 7.89. The van der Waals surface area contributed by atoms with Crippen LogP contribution >= 0.6 is 0 Å². The van der Waals surface area contributed by atoms with E-state index in [-0.39, 0.29) is 5.75 Å². The molecule has 0 saturated heterocycles. The molecule has 5 heteroatoms. The van der Waals surface area contributed by atoms with Crippen molar-refractivity contribution >= 4 is 10.0 Å². The van der Waals surface area contributed by atoms with Gasteiger partial charge in [0.05, 0.1) is 5.75 Å². The van der Waals surface area contributed by atoms with E-state index in [1.165, 1.54) is 12.8 Å². The second-order valence-electron chi connectivity index (χ2n) is 4.82. The first-order valence-electron chi connectivity index (χ1n) is 6.17. The quantitative estimate of drug-likeness (QED) is 0.698. The molecule has 1 aliphatic carbocycles. The smallest absolute Gasteiger partial charge is 0.215 e. The van der Waals surface area contributed by atoms with Gasteiger partial charge in [0.15, 0.2) is 0 Å². The monoisotopic (exact) mass is 248 g/mol. The lowest BCUT2D eigenvalue weighted by Crippen LogP contribution is -2.38. The summed E-state index contributed by atoms with van der Waals surface area (Å²) in [6.07, 6.45) is 2.38. The normalized spacial score (nSPS) is 17.3. The summed E-state index contributed by atoms with van der Waals surface area (Å²) in [4.78, 5) is 0. The van der Waals surface area contributed by atoms with Gasteiger partial charge in [0.25, 0.3) is 0 Å². The van der Waals surface area contributed by atoms with E-state index >= 15 is 0 Å². The maximum Gasteiger partial charge on any atom is 0.215 e. The van der Waals surface area contributed by atoms with Crippen LogP contribution in [0.1, 0.15) is 33.6 Å². The summed E-state index contributed by atoms with van der Waals surface area (Å²) < 4.78 is 25.6. The predicted molar refractivity (Wildman–Crippen MR) is 66.9 cm³/mol. The molecule has 0 atom stereocenters. The Kier molecular flexibility index (Phi) is 5.21. The third-order valence-electron chi connectivity index (χ3n) is 2.82. The lowest BCUT2D eigenvalue weighted by Gasteiger charge is -2.20. The summed E-state index contributed by atoms with van der Waals surface area (Å²) in [5, 5.41) is 3.14. The summed E-state index contributed by atoms with van der Waals surface area (Å²) in [6.45, 7) is 7.82. The molecule has 1 aliphatic rings. The standard InChI is InChI=1S/C11H24N2O2S/c1-4-13(9-11-5-6-11)16(14,15)8-7-12-10(2)3/h10-12H,4-9H2,1-3H3. The Balaban J connectivity index is 2.39. The van der Waals surface area contributed by atoms with Crippen LogP contribution in [0, 0.1) is 5.92 Å². The number of sulfonamides is 1. The zero-order chi connectivity index (χ0) is 12.2. The molecule has 0 bridgehead atoms. The third kappa shape index (κ3) is 4.80. The van der Waals surface area contributed by atoms with Gasteiger partial charge >= 0.3 is 0 Å². The van der Waals surface area contributed by atoms with Gasteiger partial charge in [0, 0.05) is 25.7 Å². The molecule has 0 aromatic rings. The first-order chi connectivity index (χ1) is 7.45. The average molecular weight is 248 g/mol. The van der Waals surface area contributed by atoms with Crippen molar-refractivity contribution < 1.29 is 8.42 Å². The average Bonchev–Trinajstić information content (AvgIpc) is 2.96. The van der Waals surface area contributed by atoms with Crippen molar-refractivity contribution in [2.75, 3.05) is 25.4 Å². The first kappa shape index (κ1) is 13.9. The van der Waals surface area contributed by atoms with Gasteiger partial charge in [-0.1, -0.05) is 20.8 Å². The van der Waals surface area contributed by atoms with Gasteiger partial charge in [0.2, 0.25) is 10.0 Å². The Morgan fingerprint density at radius 2 is 2.00 bits per heavy atom. The highest BCUT2D eigenvalue weighted by atomic mass is 32.2. The van der Waals surface area contributed by atoms with Crippen molar-refractivity contribution in [2.45, 2.75) is 39.7 Å². The molecule has 4 nitrogen and oxygen atoms in total. The molecule has 1 fully saturated rings. The Bertz CT molecular complexity index is 297. The third-order valence-corrected chi connectivity index (χ3v) is 4.73. The summed E-state index contributed by atoms with van der Waals surface area (Å²) in [5.41, 5.74) is 0. The number of nitrogens with zero attached hydrogens (tertiary/aromatic N) is 1. The second-order valence-corrected chi connectivity index (χ2v) is 6.91. The van der Waals surface area contributed by atoms with Gasteiger partial charge in [0.1, 0.15) is 0 Å². The molecule has 1 saturated carbocycles. The summed E-state index contributed by atoms with van der Waals surface area (Å²) >= 11 is 0. The molecule has 96 valence electrons. The number of hydrogen-bond acceptors (Lipinski definition) is 3. The van der Waals surface area contributed by atoms with E-state index in [0.29, 0.717) is 25.0 Å². The van der Waals surface area contributed by atoms with Gasteiger partial charge in [-0.25, -0.2) is 12.7 Å². The molecule has 0 aliphatic heterocycles. The van der Waals surface area contributed by atoms with Gasteiger partial charge in [-0.2, -0.15) is 0 Å². The van der Waals surface area contributed by atoms with Crippen LogP contribution < -0.4 is 5.32 Å². The molecule has 0 amide bonds. The zero-order valence-corrected chi connectivity index (χ0v) is 11.4. The van der Waals surface area contributed by atoms with Gasteiger partial charge < -0.3 is 5.32 Å². The van der Waals surface area contributed by atoms with E-state index in [4.69, 9.17) is 0 Å². The SMILES string of the molecule is CCN(CC1CC1)S(=O)(=O)CCNC(C)C. The van der Waals surface area contributed by atoms with Gasteiger partial charge in [-0.05, 0) is 18.8 Å². The molecule has 0 radical (unpaired) electrons. The fourth-order valence-corrected chi connectivity index (χ4v) is 3.10. The van der Waals surface area contributed by atoms with Crippen molar-refractivity contribution in [3.05, 3.63) is 0 Å². The van der Waals surface area contributed by atoms with Crippen LogP contribution in [-0.2, 0) is 10.0 Å². The van der Waals surface area contributed by atoms with Crippen LogP contribution in [0.5, 0.6) is 0 Å². The number of rotatable bonds is 8. The molecule has 1 N–H and O–H groups in total. The van der Waals surface area contributed by atoms with E-state index in [1.54, 1.807) is 4.31 Å². The van der Waals surface area contributed by atoms with Gasteiger partial charge in [-0.3, -0.25) is 0 Å². The minimum absolute atomic E-state index is 0.214. The van der Waals surface area contributed by atoms with Crippen molar-refractivity contribution in [1.29, 1.82) is 0 Å². The second kappa shape index (κ2) is 5.98. The minimum atomic E-state index is -3.05. The Morgan fingerprint density at radius 1 is 1.38 bits per heavy atom. The molecule has 0 heterocycles. The molecule has 1 rings (SSSR count). The molecule has 0 aromatic heterocycles. The fourth-order valence-electron chi connectivity index (χ4n) is 1.63. The predicted octanol–water partition coefficient (Wildman–Crippen LogP) is 1.05. The highest BCUT2D eigenvalue weighted by Crippen LogP contribution is 2.30. The molecular weight excluding hydrogens is 224 g/mol. The number of nitrogens with one attached hydrogen (secondary N) is 1. The molecule has 16 heavy (non-hydrogen) atoms.